The molecule has 26 heavy (non-hydrogen) atoms. The molecule has 0 bridgehead atoms. The van der Waals surface area contributed by atoms with E-state index in [1.165, 1.54) is 43.5 Å². The molecule has 2 aromatic rings. The van der Waals surface area contributed by atoms with Crippen LogP contribution in [0.2, 0.25) is 0 Å². The highest BCUT2D eigenvalue weighted by Gasteiger charge is 2.26. The second-order valence-electron chi connectivity index (χ2n) is 7.77. The summed E-state index contributed by atoms with van der Waals surface area (Å²) in [6, 6.07) is 8.98. The van der Waals surface area contributed by atoms with Gasteiger partial charge in [-0.1, -0.05) is 25.8 Å². The lowest BCUT2D eigenvalue weighted by Gasteiger charge is -2.31. The molecule has 1 saturated heterocycles. The molecule has 0 spiro atoms. The van der Waals surface area contributed by atoms with Crippen LogP contribution in [-0.2, 0) is 13.5 Å². The standard InChI is InChI=1S/C21H29N3O2/c1-16(12-17-7-8-20-21(13-17)26-15-25-20)14-24-10-5-3-4-6-19(24)18-9-11-23(2)22-18/h7-9,11,13,16,19H,3-6,10,12,14-15H2,1-2H3/t16-,19-/m1/s1. The van der Waals surface area contributed by atoms with Crippen molar-refractivity contribution in [3.63, 3.8) is 0 Å². The number of aryl methyl sites for hydroxylation is 1. The molecule has 2 aliphatic rings. The summed E-state index contributed by atoms with van der Waals surface area (Å²) in [7, 11) is 2.01. The Labute approximate surface area is 155 Å². The van der Waals surface area contributed by atoms with E-state index < -0.39 is 0 Å². The summed E-state index contributed by atoms with van der Waals surface area (Å²) in [5.41, 5.74) is 2.55. The number of hydrogen-bond donors (Lipinski definition) is 0. The van der Waals surface area contributed by atoms with Crippen molar-refractivity contribution in [1.82, 2.24) is 14.7 Å². The average molecular weight is 355 g/mol. The molecule has 0 amide bonds. The van der Waals surface area contributed by atoms with Gasteiger partial charge in [-0.25, -0.2) is 0 Å². The first-order chi connectivity index (χ1) is 12.7. The molecule has 0 aliphatic carbocycles. The molecule has 0 N–H and O–H groups in total. The Morgan fingerprint density at radius 1 is 1.15 bits per heavy atom. The van der Waals surface area contributed by atoms with Gasteiger partial charge < -0.3 is 9.47 Å². The summed E-state index contributed by atoms with van der Waals surface area (Å²) in [6.07, 6.45) is 8.26. The van der Waals surface area contributed by atoms with Gasteiger partial charge in [-0.3, -0.25) is 9.58 Å². The van der Waals surface area contributed by atoms with E-state index in [1.807, 2.05) is 17.8 Å². The van der Waals surface area contributed by atoms with Crippen LogP contribution in [0.1, 0.15) is 49.9 Å². The molecule has 0 unspecified atom stereocenters. The molecule has 2 atom stereocenters. The van der Waals surface area contributed by atoms with E-state index in [4.69, 9.17) is 14.6 Å². The predicted octanol–water partition coefficient (Wildman–Crippen LogP) is 3.94. The van der Waals surface area contributed by atoms with Gasteiger partial charge in [-0.2, -0.15) is 5.10 Å². The van der Waals surface area contributed by atoms with Gasteiger partial charge in [-0.15, -0.1) is 0 Å². The highest BCUT2D eigenvalue weighted by molar-refractivity contribution is 5.44. The van der Waals surface area contributed by atoms with Gasteiger partial charge in [0.05, 0.1) is 11.7 Å². The number of aromatic nitrogens is 2. The van der Waals surface area contributed by atoms with Crippen LogP contribution in [0.25, 0.3) is 0 Å². The van der Waals surface area contributed by atoms with Gasteiger partial charge in [0.1, 0.15) is 0 Å². The molecular weight excluding hydrogens is 326 g/mol. The van der Waals surface area contributed by atoms with Crippen LogP contribution in [0.3, 0.4) is 0 Å². The van der Waals surface area contributed by atoms with Crippen molar-refractivity contribution in [3.05, 3.63) is 41.7 Å². The van der Waals surface area contributed by atoms with Crippen molar-refractivity contribution in [1.29, 1.82) is 0 Å². The molecule has 1 aromatic carbocycles. The van der Waals surface area contributed by atoms with E-state index in [0.717, 1.165) is 24.5 Å². The molecule has 0 saturated carbocycles. The maximum atomic E-state index is 5.52. The number of benzene rings is 1. The Kier molecular flexibility index (Phi) is 5.16. The first kappa shape index (κ1) is 17.4. The van der Waals surface area contributed by atoms with Crippen molar-refractivity contribution in [2.24, 2.45) is 13.0 Å². The van der Waals surface area contributed by atoms with Gasteiger partial charge in [0.2, 0.25) is 6.79 Å². The number of ether oxygens (including phenoxy) is 2. The van der Waals surface area contributed by atoms with Crippen molar-refractivity contribution in [3.8, 4) is 11.5 Å². The fraction of sp³-hybridized carbons (Fsp3) is 0.571. The fourth-order valence-corrected chi connectivity index (χ4v) is 4.27. The van der Waals surface area contributed by atoms with Gasteiger partial charge in [-0.05, 0) is 55.5 Å². The largest absolute Gasteiger partial charge is 0.454 e. The Balaban J connectivity index is 1.43. The zero-order valence-electron chi connectivity index (χ0n) is 15.9. The van der Waals surface area contributed by atoms with Gasteiger partial charge in [0.15, 0.2) is 11.5 Å². The lowest BCUT2D eigenvalue weighted by molar-refractivity contribution is 0.170. The van der Waals surface area contributed by atoms with Crippen LogP contribution >= 0.6 is 0 Å². The quantitative estimate of drug-likeness (QED) is 0.814. The fourth-order valence-electron chi connectivity index (χ4n) is 4.27. The van der Waals surface area contributed by atoms with Crippen molar-refractivity contribution in [2.45, 2.75) is 45.1 Å². The summed E-state index contributed by atoms with van der Waals surface area (Å²) in [6.45, 7) is 4.97. The summed E-state index contributed by atoms with van der Waals surface area (Å²) < 4.78 is 12.9. The smallest absolute Gasteiger partial charge is 0.231 e. The van der Waals surface area contributed by atoms with Crippen LogP contribution in [0.5, 0.6) is 11.5 Å². The van der Waals surface area contributed by atoms with Crippen LogP contribution in [-0.4, -0.2) is 34.6 Å². The lowest BCUT2D eigenvalue weighted by Crippen LogP contribution is -2.33. The van der Waals surface area contributed by atoms with Crippen LogP contribution < -0.4 is 9.47 Å². The SMILES string of the molecule is C[C@H](Cc1ccc2c(c1)OCO2)CN1CCCCC[C@@H]1c1ccn(C)n1. The third kappa shape index (κ3) is 3.88. The highest BCUT2D eigenvalue weighted by atomic mass is 16.7. The Hall–Kier alpha value is -2.01. The highest BCUT2D eigenvalue weighted by Crippen LogP contribution is 2.34. The molecule has 1 aromatic heterocycles. The average Bonchev–Trinajstić information content (AvgIpc) is 3.19. The second kappa shape index (κ2) is 7.70. The zero-order chi connectivity index (χ0) is 17.9. The molecule has 3 heterocycles. The molecule has 140 valence electrons. The molecule has 4 rings (SSSR count). The second-order valence-corrected chi connectivity index (χ2v) is 7.77. The Morgan fingerprint density at radius 3 is 2.88 bits per heavy atom. The minimum Gasteiger partial charge on any atom is -0.454 e. The minimum absolute atomic E-state index is 0.341. The predicted molar refractivity (Wildman–Crippen MR) is 101 cm³/mol. The van der Waals surface area contributed by atoms with E-state index >= 15 is 0 Å². The summed E-state index contributed by atoms with van der Waals surface area (Å²) >= 11 is 0. The maximum Gasteiger partial charge on any atom is 0.231 e. The van der Waals surface area contributed by atoms with Crippen LogP contribution in [0.15, 0.2) is 30.5 Å². The summed E-state index contributed by atoms with van der Waals surface area (Å²) in [4.78, 5) is 2.66. The van der Waals surface area contributed by atoms with Gasteiger partial charge >= 0.3 is 0 Å². The monoisotopic (exact) mass is 355 g/mol. The van der Waals surface area contributed by atoms with Crippen molar-refractivity contribution < 1.29 is 9.47 Å². The third-order valence-corrected chi connectivity index (χ3v) is 5.51. The zero-order valence-corrected chi connectivity index (χ0v) is 15.9. The summed E-state index contributed by atoms with van der Waals surface area (Å²) in [5, 5.41) is 4.70. The molecule has 1 fully saturated rings. The molecule has 2 aliphatic heterocycles. The Bertz CT molecular complexity index is 743. The van der Waals surface area contributed by atoms with E-state index in [0.29, 0.717) is 18.8 Å². The van der Waals surface area contributed by atoms with Crippen LogP contribution in [0.4, 0.5) is 0 Å². The topological polar surface area (TPSA) is 39.5 Å². The van der Waals surface area contributed by atoms with E-state index in [1.54, 1.807) is 0 Å². The van der Waals surface area contributed by atoms with Gasteiger partial charge in [0, 0.05) is 19.8 Å². The maximum absolute atomic E-state index is 5.52. The number of likely N-dealkylation sites (tertiary alicyclic amines) is 1. The third-order valence-electron chi connectivity index (χ3n) is 5.51. The summed E-state index contributed by atoms with van der Waals surface area (Å²) in [5.74, 6) is 2.33. The molecule has 5 nitrogen and oxygen atoms in total. The number of hydrogen-bond acceptors (Lipinski definition) is 4. The van der Waals surface area contributed by atoms with Crippen LogP contribution in [0, 0.1) is 5.92 Å². The minimum atomic E-state index is 0.341. The van der Waals surface area contributed by atoms with E-state index in [2.05, 4.69) is 36.2 Å². The lowest BCUT2D eigenvalue weighted by atomic mass is 9.98. The number of fused-ring (bicyclic) bond motifs is 1. The van der Waals surface area contributed by atoms with Crippen molar-refractivity contribution in [2.75, 3.05) is 19.9 Å². The first-order valence-corrected chi connectivity index (χ1v) is 9.81. The first-order valence-electron chi connectivity index (χ1n) is 9.81. The van der Waals surface area contributed by atoms with Crippen molar-refractivity contribution >= 4 is 0 Å². The molecule has 5 heteroatoms. The van der Waals surface area contributed by atoms with Gasteiger partial charge in [0.25, 0.3) is 0 Å². The normalized spacial score (nSPS) is 21.5. The van der Waals surface area contributed by atoms with E-state index in [-0.39, 0.29) is 0 Å². The Morgan fingerprint density at radius 2 is 2.04 bits per heavy atom. The molecular formula is C21H29N3O2. The number of nitrogens with zero attached hydrogens (tertiary/aromatic N) is 3. The molecule has 0 radical (unpaired) electrons. The van der Waals surface area contributed by atoms with E-state index in [9.17, 15) is 0 Å². The number of rotatable bonds is 5.